The fourth-order valence-electron chi connectivity index (χ4n) is 3.45. The van der Waals surface area contributed by atoms with Crippen molar-refractivity contribution in [3.63, 3.8) is 0 Å². The zero-order chi connectivity index (χ0) is 14.1. The topological polar surface area (TPSA) is 15.6 Å². The lowest BCUT2D eigenvalue weighted by atomic mass is 10.1. The quantitative estimate of drug-likeness (QED) is 0.767. The first-order chi connectivity index (χ1) is 9.67. The maximum Gasteiger partial charge on any atom is 0.0720 e. The van der Waals surface area contributed by atoms with Crippen LogP contribution in [0.3, 0.4) is 0 Å². The predicted molar refractivity (Wildman–Crippen MR) is 91.0 cm³/mol. The van der Waals surface area contributed by atoms with Crippen LogP contribution in [0.2, 0.25) is 0 Å². The van der Waals surface area contributed by atoms with Gasteiger partial charge in [0.2, 0.25) is 0 Å². The first-order valence-electron chi connectivity index (χ1n) is 7.78. The molecular formula is C17H25N2P. The number of likely N-dealkylation sites (N-methyl/N-ethyl adjacent to an activating group) is 1. The average molecular weight is 288 g/mol. The average Bonchev–Trinajstić information content (AvgIpc) is 3.03. The fourth-order valence-corrected chi connectivity index (χ4v) is 5.39. The summed E-state index contributed by atoms with van der Waals surface area (Å²) < 4.78 is 0. The molecule has 20 heavy (non-hydrogen) atoms. The van der Waals surface area contributed by atoms with Crippen molar-refractivity contribution >= 4 is 19.1 Å². The highest BCUT2D eigenvalue weighted by molar-refractivity contribution is 7.75. The van der Waals surface area contributed by atoms with Crippen LogP contribution in [0, 0.1) is 0 Å². The van der Waals surface area contributed by atoms with Gasteiger partial charge in [-0.05, 0) is 61.8 Å². The van der Waals surface area contributed by atoms with Gasteiger partial charge in [0.1, 0.15) is 0 Å². The van der Waals surface area contributed by atoms with Gasteiger partial charge >= 0.3 is 0 Å². The summed E-state index contributed by atoms with van der Waals surface area (Å²) in [6, 6.07) is 7.53. The second-order valence-corrected chi connectivity index (χ2v) is 8.40. The third-order valence-electron chi connectivity index (χ3n) is 4.58. The van der Waals surface area contributed by atoms with E-state index in [1.807, 2.05) is 0 Å². The molecule has 0 bridgehead atoms. The number of aliphatic imine (C=N–C) groups is 1. The van der Waals surface area contributed by atoms with Crippen LogP contribution in [-0.2, 0) is 12.8 Å². The Morgan fingerprint density at radius 3 is 2.85 bits per heavy atom. The summed E-state index contributed by atoms with van der Waals surface area (Å²) in [5, 5.41) is 0. The fraction of sp³-hybridized carbons (Fsp3) is 0.588. The van der Waals surface area contributed by atoms with E-state index in [4.69, 9.17) is 4.99 Å². The minimum absolute atomic E-state index is 0.0515. The summed E-state index contributed by atoms with van der Waals surface area (Å²) in [4.78, 5) is 7.33. The molecule has 0 spiro atoms. The van der Waals surface area contributed by atoms with Crippen LogP contribution >= 0.6 is 7.92 Å². The first-order valence-corrected chi connectivity index (χ1v) is 9.75. The van der Waals surface area contributed by atoms with Crippen LogP contribution in [0.15, 0.2) is 23.2 Å². The Balaban J connectivity index is 1.68. The van der Waals surface area contributed by atoms with Crippen molar-refractivity contribution < 1.29 is 0 Å². The van der Waals surface area contributed by atoms with Crippen molar-refractivity contribution in [1.29, 1.82) is 0 Å². The third kappa shape index (κ3) is 2.76. The summed E-state index contributed by atoms with van der Waals surface area (Å²) in [6.45, 7) is 5.69. The third-order valence-corrected chi connectivity index (χ3v) is 6.86. The summed E-state index contributed by atoms with van der Waals surface area (Å²) in [5.74, 6) is 0. The van der Waals surface area contributed by atoms with Gasteiger partial charge in [-0.3, -0.25) is 4.99 Å². The number of fused-ring (bicyclic) bond motifs is 1. The Morgan fingerprint density at radius 2 is 2.10 bits per heavy atom. The Hall–Kier alpha value is -0.880. The standard InChI is InChI=1S/C17H25N2P/c1-4-17-18-15(12-20(17)3)11-19(2)16-9-8-13-6-5-7-14(13)10-16/h8-10,15H,4-7,11-12H2,1-3H3. The molecule has 1 aromatic rings. The molecule has 0 aromatic heterocycles. The minimum Gasteiger partial charge on any atom is -0.372 e. The van der Waals surface area contributed by atoms with Gasteiger partial charge in [-0.2, -0.15) is 0 Å². The Labute approximate surface area is 124 Å². The molecule has 2 unspecified atom stereocenters. The molecule has 108 valence electrons. The van der Waals surface area contributed by atoms with Crippen molar-refractivity contribution in [2.24, 2.45) is 4.99 Å². The van der Waals surface area contributed by atoms with Crippen LogP contribution in [0.5, 0.6) is 0 Å². The maximum atomic E-state index is 4.93. The molecule has 1 aromatic carbocycles. The Morgan fingerprint density at radius 1 is 1.30 bits per heavy atom. The van der Waals surface area contributed by atoms with Gasteiger partial charge in [-0.25, -0.2) is 0 Å². The minimum atomic E-state index is 0.0515. The number of hydrogen-bond acceptors (Lipinski definition) is 2. The van der Waals surface area contributed by atoms with Crippen LogP contribution in [0.1, 0.15) is 30.9 Å². The van der Waals surface area contributed by atoms with Crippen LogP contribution in [-0.4, -0.2) is 37.9 Å². The number of aryl methyl sites for hydroxylation is 2. The number of rotatable bonds is 4. The van der Waals surface area contributed by atoms with E-state index in [1.54, 1.807) is 11.1 Å². The maximum absolute atomic E-state index is 4.93. The van der Waals surface area contributed by atoms with E-state index < -0.39 is 0 Å². The van der Waals surface area contributed by atoms with Crippen molar-refractivity contribution in [3.8, 4) is 0 Å². The smallest absolute Gasteiger partial charge is 0.0720 e. The van der Waals surface area contributed by atoms with Gasteiger partial charge in [0.25, 0.3) is 0 Å². The molecule has 1 heterocycles. The summed E-state index contributed by atoms with van der Waals surface area (Å²) in [7, 11) is 2.27. The molecule has 1 aliphatic carbocycles. The van der Waals surface area contributed by atoms with Gasteiger partial charge < -0.3 is 4.90 Å². The molecule has 0 radical (unpaired) electrons. The van der Waals surface area contributed by atoms with Gasteiger partial charge in [0.15, 0.2) is 0 Å². The van der Waals surface area contributed by atoms with Crippen molar-refractivity contribution in [1.82, 2.24) is 0 Å². The zero-order valence-electron chi connectivity index (χ0n) is 12.9. The Bertz CT molecular complexity index is 524. The molecule has 0 saturated carbocycles. The molecule has 3 rings (SSSR count). The molecular weight excluding hydrogens is 263 g/mol. The van der Waals surface area contributed by atoms with Crippen LogP contribution < -0.4 is 4.90 Å². The number of hydrogen-bond donors (Lipinski definition) is 0. The molecule has 2 atom stereocenters. The summed E-state index contributed by atoms with van der Waals surface area (Å²) >= 11 is 0. The van der Waals surface area contributed by atoms with E-state index in [9.17, 15) is 0 Å². The molecule has 0 amide bonds. The van der Waals surface area contributed by atoms with E-state index in [-0.39, 0.29) is 7.92 Å². The molecule has 3 heteroatoms. The molecule has 0 N–H and O–H groups in total. The summed E-state index contributed by atoms with van der Waals surface area (Å²) in [6.07, 6.45) is 6.29. The molecule has 0 fully saturated rings. The molecule has 2 nitrogen and oxygen atoms in total. The molecule has 1 aliphatic heterocycles. The van der Waals surface area contributed by atoms with E-state index >= 15 is 0 Å². The van der Waals surface area contributed by atoms with E-state index in [2.05, 4.69) is 43.7 Å². The SMILES string of the molecule is CCC1=NC(CN(C)c2ccc3c(c2)CCC3)CP1C. The van der Waals surface area contributed by atoms with Gasteiger partial charge in [0.05, 0.1) is 6.04 Å². The van der Waals surface area contributed by atoms with Gasteiger partial charge in [0, 0.05) is 24.7 Å². The largest absolute Gasteiger partial charge is 0.372 e. The van der Waals surface area contributed by atoms with Crippen molar-refractivity contribution in [2.45, 2.75) is 38.6 Å². The first kappa shape index (κ1) is 14.1. The lowest BCUT2D eigenvalue weighted by Gasteiger charge is -2.22. The lowest BCUT2D eigenvalue weighted by molar-refractivity contribution is 0.734. The molecule has 0 saturated heterocycles. The second kappa shape index (κ2) is 5.85. The lowest BCUT2D eigenvalue weighted by Crippen LogP contribution is -2.28. The highest BCUT2D eigenvalue weighted by atomic mass is 31.1. The van der Waals surface area contributed by atoms with Crippen LogP contribution in [0.25, 0.3) is 0 Å². The second-order valence-electron chi connectivity index (χ2n) is 6.12. The zero-order valence-corrected chi connectivity index (χ0v) is 13.8. The highest BCUT2D eigenvalue weighted by Gasteiger charge is 2.24. The van der Waals surface area contributed by atoms with Gasteiger partial charge in [-0.1, -0.05) is 20.9 Å². The summed E-state index contributed by atoms with van der Waals surface area (Å²) in [5.41, 5.74) is 5.97. The number of nitrogens with zero attached hydrogens (tertiary/aromatic N) is 2. The van der Waals surface area contributed by atoms with E-state index in [1.165, 1.54) is 36.6 Å². The number of benzene rings is 1. The molecule has 2 aliphatic rings. The van der Waals surface area contributed by atoms with E-state index in [0.29, 0.717) is 6.04 Å². The Kier molecular flexibility index (Phi) is 4.12. The van der Waals surface area contributed by atoms with Crippen molar-refractivity contribution in [2.75, 3.05) is 31.3 Å². The van der Waals surface area contributed by atoms with Crippen LogP contribution in [0.4, 0.5) is 5.69 Å². The van der Waals surface area contributed by atoms with Gasteiger partial charge in [-0.15, -0.1) is 0 Å². The monoisotopic (exact) mass is 288 g/mol. The highest BCUT2D eigenvalue weighted by Crippen LogP contribution is 2.41. The predicted octanol–water partition coefficient (Wildman–Crippen LogP) is 3.91. The van der Waals surface area contributed by atoms with E-state index in [0.717, 1.165) is 13.0 Å². The van der Waals surface area contributed by atoms with Crippen molar-refractivity contribution in [3.05, 3.63) is 29.3 Å². The number of anilines is 1. The normalized spacial score (nSPS) is 24.6.